The Morgan fingerprint density at radius 1 is 1.35 bits per heavy atom. The molecule has 0 radical (unpaired) electrons. The number of benzene rings is 1. The minimum absolute atomic E-state index is 0.163. The van der Waals surface area contributed by atoms with Crippen LogP contribution in [0.4, 0.5) is 0 Å². The number of rotatable bonds is 2. The molecule has 0 fully saturated rings. The van der Waals surface area contributed by atoms with Crippen molar-refractivity contribution in [1.29, 1.82) is 0 Å². The highest BCUT2D eigenvalue weighted by Crippen LogP contribution is 2.42. The number of furan rings is 1. The predicted molar refractivity (Wildman–Crippen MR) is 84.3 cm³/mol. The first kappa shape index (κ1) is 13.7. The lowest BCUT2D eigenvalue weighted by molar-refractivity contribution is -0.147. The van der Waals surface area contributed by atoms with Crippen LogP contribution >= 0.6 is 22.6 Å². The van der Waals surface area contributed by atoms with Crippen LogP contribution in [0.5, 0.6) is 0 Å². The van der Waals surface area contributed by atoms with Crippen LogP contribution in [0, 0.1) is 3.57 Å². The second kappa shape index (κ2) is 5.60. The number of esters is 1. The molecule has 3 nitrogen and oxygen atoms in total. The highest BCUT2D eigenvalue weighted by Gasteiger charge is 2.31. The van der Waals surface area contributed by atoms with Gasteiger partial charge in [0.1, 0.15) is 17.6 Å². The van der Waals surface area contributed by atoms with Gasteiger partial charge < -0.3 is 9.15 Å². The maximum Gasteiger partial charge on any atom is 0.303 e. The van der Waals surface area contributed by atoms with Gasteiger partial charge >= 0.3 is 5.97 Å². The standard InChI is InChI=1S/C16H15IO3/c1-10(18)19-12-8-5-9-13-14(12)15(17)16(20-13)11-6-3-2-4-7-11/h2-4,6-7,12H,5,8-9H2,1H3/t12-/m0/s1. The number of carbonyl (C=O) groups is 1. The fourth-order valence-electron chi connectivity index (χ4n) is 2.66. The van der Waals surface area contributed by atoms with E-state index in [0.29, 0.717) is 0 Å². The zero-order chi connectivity index (χ0) is 14.1. The molecule has 1 aliphatic rings. The SMILES string of the molecule is CC(=O)O[C@H]1CCCc2oc(-c3ccccc3)c(I)c21. The summed E-state index contributed by atoms with van der Waals surface area (Å²) in [5.74, 6) is 1.61. The number of fused-ring (bicyclic) bond motifs is 1. The van der Waals surface area contributed by atoms with Crippen molar-refractivity contribution < 1.29 is 13.9 Å². The Hall–Kier alpha value is -1.30. The van der Waals surface area contributed by atoms with Gasteiger partial charge in [-0.2, -0.15) is 0 Å². The van der Waals surface area contributed by atoms with Crippen LogP contribution in [0.3, 0.4) is 0 Å². The monoisotopic (exact) mass is 382 g/mol. The summed E-state index contributed by atoms with van der Waals surface area (Å²) in [6.45, 7) is 1.46. The molecule has 1 atom stereocenters. The van der Waals surface area contributed by atoms with Crippen molar-refractivity contribution in [3.63, 3.8) is 0 Å². The molecule has 0 bridgehead atoms. The second-order valence-corrected chi connectivity index (χ2v) is 6.02. The molecule has 1 aromatic heterocycles. The van der Waals surface area contributed by atoms with Crippen LogP contribution in [0.1, 0.15) is 37.2 Å². The molecule has 0 amide bonds. The summed E-state index contributed by atoms with van der Waals surface area (Å²) in [4.78, 5) is 11.3. The van der Waals surface area contributed by atoms with Gasteiger partial charge in [0.2, 0.25) is 0 Å². The van der Waals surface area contributed by atoms with Crippen molar-refractivity contribution in [3.05, 3.63) is 45.2 Å². The number of hydrogen-bond acceptors (Lipinski definition) is 3. The van der Waals surface area contributed by atoms with Crippen molar-refractivity contribution in [2.45, 2.75) is 32.3 Å². The second-order valence-electron chi connectivity index (χ2n) is 4.94. The number of aryl methyl sites for hydroxylation is 1. The first-order valence-electron chi connectivity index (χ1n) is 6.70. The molecule has 1 aliphatic carbocycles. The third kappa shape index (κ3) is 2.49. The Morgan fingerprint density at radius 2 is 2.10 bits per heavy atom. The van der Waals surface area contributed by atoms with E-state index in [1.807, 2.05) is 30.3 Å². The summed E-state index contributed by atoms with van der Waals surface area (Å²) in [6, 6.07) is 10.0. The maximum absolute atomic E-state index is 11.3. The van der Waals surface area contributed by atoms with Gasteiger partial charge in [-0.3, -0.25) is 4.79 Å². The minimum Gasteiger partial charge on any atom is -0.459 e. The van der Waals surface area contributed by atoms with Crippen LogP contribution in [-0.2, 0) is 16.0 Å². The van der Waals surface area contributed by atoms with Gasteiger partial charge in [-0.1, -0.05) is 30.3 Å². The molecular formula is C16H15IO3. The van der Waals surface area contributed by atoms with Gasteiger partial charge in [0.05, 0.1) is 3.57 Å². The maximum atomic E-state index is 11.3. The zero-order valence-corrected chi connectivity index (χ0v) is 13.3. The Kier molecular flexibility index (Phi) is 3.83. The quantitative estimate of drug-likeness (QED) is 0.568. The fraction of sp³-hybridized carbons (Fsp3) is 0.312. The lowest BCUT2D eigenvalue weighted by Crippen LogP contribution is -2.14. The molecule has 3 rings (SSSR count). The van der Waals surface area contributed by atoms with Gasteiger partial charge in [0.15, 0.2) is 0 Å². The highest BCUT2D eigenvalue weighted by molar-refractivity contribution is 14.1. The lowest BCUT2D eigenvalue weighted by Gasteiger charge is -2.21. The number of carbonyl (C=O) groups excluding carboxylic acids is 1. The van der Waals surface area contributed by atoms with E-state index in [0.717, 1.165) is 45.5 Å². The van der Waals surface area contributed by atoms with E-state index in [4.69, 9.17) is 9.15 Å². The summed E-state index contributed by atoms with van der Waals surface area (Å²) >= 11 is 2.30. The molecule has 0 spiro atoms. The van der Waals surface area contributed by atoms with Crippen molar-refractivity contribution in [3.8, 4) is 11.3 Å². The molecule has 104 valence electrons. The predicted octanol–water partition coefficient (Wildman–Crippen LogP) is 4.49. The average Bonchev–Trinajstić information content (AvgIpc) is 2.78. The van der Waals surface area contributed by atoms with Gasteiger partial charge in [0.25, 0.3) is 0 Å². The van der Waals surface area contributed by atoms with Gasteiger partial charge in [-0.05, 0) is 35.4 Å². The fourth-order valence-corrected chi connectivity index (χ4v) is 3.73. The number of halogens is 1. The molecule has 0 unspecified atom stereocenters. The topological polar surface area (TPSA) is 39.4 Å². The van der Waals surface area contributed by atoms with Gasteiger partial charge in [-0.25, -0.2) is 0 Å². The third-order valence-corrected chi connectivity index (χ3v) is 4.57. The highest BCUT2D eigenvalue weighted by atomic mass is 127. The molecule has 1 heterocycles. The van der Waals surface area contributed by atoms with Crippen molar-refractivity contribution >= 4 is 28.6 Å². The summed E-state index contributed by atoms with van der Waals surface area (Å²) in [6.07, 6.45) is 2.61. The van der Waals surface area contributed by atoms with Crippen LogP contribution < -0.4 is 0 Å². The Morgan fingerprint density at radius 3 is 2.80 bits per heavy atom. The van der Waals surface area contributed by atoms with E-state index in [1.165, 1.54) is 6.92 Å². The van der Waals surface area contributed by atoms with Crippen molar-refractivity contribution in [2.75, 3.05) is 0 Å². The van der Waals surface area contributed by atoms with Crippen LogP contribution in [-0.4, -0.2) is 5.97 Å². The summed E-state index contributed by atoms with van der Waals surface area (Å²) in [5.41, 5.74) is 2.12. The molecular weight excluding hydrogens is 367 g/mol. The Bertz CT molecular complexity index is 631. The molecule has 1 aromatic carbocycles. The smallest absolute Gasteiger partial charge is 0.303 e. The molecule has 0 saturated carbocycles. The van der Waals surface area contributed by atoms with E-state index in [-0.39, 0.29) is 12.1 Å². The van der Waals surface area contributed by atoms with Gasteiger partial charge in [0, 0.05) is 24.5 Å². The molecule has 0 saturated heterocycles. The first-order valence-corrected chi connectivity index (χ1v) is 7.78. The summed E-state index contributed by atoms with van der Waals surface area (Å²) < 4.78 is 12.5. The molecule has 0 N–H and O–H groups in total. The summed E-state index contributed by atoms with van der Waals surface area (Å²) in [5, 5.41) is 0. The first-order chi connectivity index (χ1) is 9.66. The van der Waals surface area contributed by atoms with E-state index in [2.05, 4.69) is 22.6 Å². The molecule has 2 aromatic rings. The third-order valence-electron chi connectivity index (χ3n) is 3.50. The van der Waals surface area contributed by atoms with Crippen LogP contribution in [0.15, 0.2) is 34.7 Å². The van der Waals surface area contributed by atoms with E-state index < -0.39 is 0 Å². The van der Waals surface area contributed by atoms with E-state index in [9.17, 15) is 4.79 Å². The van der Waals surface area contributed by atoms with E-state index in [1.54, 1.807) is 0 Å². The average molecular weight is 382 g/mol. The number of hydrogen-bond donors (Lipinski definition) is 0. The van der Waals surface area contributed by atoms with Crippen molar-refractivity contribution in [1.82, 2.24) is 0 Å². The Labute approximate surface area is 131 Å². The largest absolute Gasteiger partial charge is 0.459 e. The van der Waals surface area contributed by atoms with Gasteiger partial charge in [-0.15, -0.1) is 0 Å². The van der Waals surface area contributed by atoms with Crippen molar-refractivity contribution in [2.24, 2.45) is 0 Å². The zero-order valence-electron chi connectivity index (χ0n) is 11.2. The van der Waals surface area contributed by atoms with Crippen LogP contribution in [0.25, 0.3) is 11.3 Å². The number of ether oxygens (including phenoxy) is 1. The molecule has 0 aliphatic heterocycles. The van der Waals surface area contributed by atoms with Crippen LogP contribution in [0.2, 0.25) is 0 Å². The minimum atomic E-state index is -0.235. The molecule has 20 heavy (non-hydrogen) atoms. The molecule has 4 heteroatoms. The Balaban J connectivity index is 2.05. The lowest BCUT2D eigenvalue weighted by atomic mass is 9.95. The summed E-state index contributed by atoms with van der Waals surface area (Å²) in [7, 11) is 0. The van der Waals surface area contributed by atoms with E-state index >= 15 is 0 Å². The normalized spacial score (nSPS) is 17.6.